The fourth-order valence-electron chi connectivity index (χ4n) is 1.50. The van der Waals surface area contributed by atoms with E-state index in [1.54, 1.807) is 13.8 Å². The normalized spacial score (nSPS) is 9.89. The van der Waals surface area contributed by atoms with Crippen LogP contribution in [0.5, 0.6) is 5.75 Å². The number of anilines is 1. The third kappa shape index (κ3) is 2.88. The molecule has 0 fully saturated rings. The van der Waals surface area contributed by atoms with Crippen LogP contribution in [0.1, 0.15) is 24.2 Å². The van der Waals surface area contributed by atoms with Gasteiger partial charge in [0.1, 0.15) is 11.4 Å². The van der Waals surface area contributed by atoms with E-state index >= 15 is 0 Å². The standard InChI is InChI=1S/C11H15N3O4/c1-3-12-8-6-10(15)7(11(16)13-4-2)5-9(8)14(17)18/h5-6H,3-4H2,1-2H3,(H3-,12,13,15,16,17,18)/p+1. The number of nitrogens with zero attached hydrogens (tertiary/aromatic N) is 1. The number of carbonyl (C=O) groups excluding carboxylic acids is 1. The lowest BCUT2D eigenvalue weighted by atomic mass is 10.1. The number of phenolic OH excluding ortho intramolecular Hbond substituents is 1. The van der Waals surface area contributed by atoms with Gasteiger partial charge in [0.15, 0.2) is 0 Å². The van der Waals surface area contributed by atoms with Gasteiger partial charge in [0.05, 0.1) is 10.5 Å². The summed E-state index contributed by atoms with van der Waals surface area (Å²) >= 11 is 0. The van der Waals surface area contributed by atoms with Gasteiger partial charge < -0.3 is 15.7 Å². The Balaban J connectivity index is 3.26. The molecule has 7 heteroatoms. The molecule has 0 bridgehead atoms. The number of hydrogen-bond acceptors (Lipinski definition) is 4. The summed E-state index contributed by atoms with van der Waals surface area (Å²) in [6.45, 7) is 4.42. The van der Waals surface area contributed by atoms with Crippen LogP contribution in [0.25, 0.3) is 0 Å². The van der Waals surface area contributed by atoms with Crippen LogP contribution in [0.15, 0.2) is 12.1 Å². The van der Waals surface area contributed by atoms with Crippen LogP contribution in [0.4, 0.5) is 11.4 Å². The number of phenols is 1. The molecule has 0 heterocycles. The highest BCUT2D eigenvalue weighted by Gasteiger charge is 2.24. The largest absolute Gasteiger partial charge is 0.507 e. The highest BCUT2D eigenvalue weighted by molar-refractivity contribution is 5.98. The van der Waals surface area contributed by atoms with Gasteiger partial charge in [0.2, 0.25) is 0 Å². The minimum Gasteiger partial charge on any atom is -0.507 e. The Morgan fingerprint density at radius 2 is 2.00 bits per heavy atom. The number of hydrogen-bond donors (Lipinski definition) is 4. The van der Waals surface area contributed by atoms with E-state index in [0.717, 1.165) is 6.07 Å². The maximum Gasteiger partial charge on any atom is 0.340 e. The molecule has 18 heavy (non-hydrogen) atoms. The Hall–Kier alpha value is -2.31. The molecule has 0 spiro atoms. The number of aromatic hydroxyl groups is 1. The van der Waals surface area contributed by atoms with Crippen molar-refractivity contribution in [2.24, 2.45) is 0 Å². The summed E-state index contributed by atoms with van der Waals surface area (Å²) in [5.41, 5.74) is 0.0554. The maximum absolute atomic E-state index is 11.6. The minimum absolute atomic E-state index is 0.0663. The molecule has 0 aliphatic carbocycles. The van der Waals surface area contributed by atoms with E-state index in [4.69, 9.17) is 5.21 Å². The first-order valence-corrected chi connectivity index (χ1v) is 5.56. The van der Waals surface area contributed by atoms with Crippen LogP contribution in [-0.2, 0) is 0 Å². The van der Waals surface area contributed by atoms with E-state index in [1.165, 1.54) is 6.07 Å². The summed E-state index contributed by atoms with van der Waals surface area (Å²) in [4.78, 5) is 22.3. The maximum atomic E-state index is 11.6. The Morgan fingerprint density at radius 1 is 1.33 bits per heavy atom. The molecule has 0 radical (unpaired) electrons. The Bertz CT molecular complexity index is 474. The number of nitrogens with one attached hydrogen (secondary N) is 2. The fourth-order valence-corrected chi connectivity index (χ4v) is 1.50. The van der Waals surface area contributed by atoms with Crippen LogP contribution < -0.4 is 10.6 Å². The SMILES string of the molecule is CCNC(=O)c1cc([N+](=O)O)c(NCC)cc1O. The summed E-state index contributed by atoms with van der Waals surface area (Å²) < 4.78 is 0. The highest BCUT2D eigenvalue weighted by Crippen LogP contribution is 2.31. The summed E-state index contributed by atoms with van der Waals surface area (Å²) in [6.07, 6.45) is 0. The van der Waals surface area contributed by atoms with Gasteiger partial charge in [-0.1, -0.05) is 0 Å². The van der Waals surface area contributed by atoms with Gasteiger partial charge in [0.25, 0.3) is 10.8 Å². The van der Waals surface area contributed by atoms with Crippen LogP contribution in [0, 0.1) is 4.91 Å². The molecule has 0 aliphatic rings. The molecule has 4 N–H and O–H groups in total. The molecule has 7 nitrogen and oxygen atoms in total. The molecule has 0 aliphatic heterocycles. The van der Waals surface area contributed by atoms with Crippen molar-refractivity contribution in [1.82, 2.24) is 5.32 Å². The summed E-state index contributed by atoms with van der Waals surface area (Å²) in [6, 6.07) is 2.36. The molecule has 1 rings (SSSR count). The molecule has 0 saturated carbocycles. The minimum atomic E-state index is -0.513. The van der Waals surface area contributed by atoms with Gasteiger partial charge in [-0.15, -0.1) is 0 Å². The summed E-state index contributed by atoms with van der Waals surface area (Å²) in [7, 11) is 0. The van der Waals surface area contributed by atoms with Crippen LogP contribution in [0.2, 0.25) is 0 Å². The first-order valence-electron chi connectivity index (χ1n) is 5.56. The second-order valence-corrected chi connectivity index (χ2v) is 3.55. The molecule has 1 aromatic rings. The van der Waals surface area contributed by atoms with Gasteiger partial charge in [-0.3, -0.25) is 4.79 Å². The first kappa shape index (κ1) is 13.8. The topological polar surface area (TPSA) is 102 Å². The third-order valence-corrected chi connectivity index (χ3v) is 2.27. The number of amides is 1. The predicted octanol–water partition coefficient (Wildman–Crippen LogP) is 1.37. The Morgan fingerprint density at radius 3 is 2.50 bits per heavy atom. The van der Waals surface area contributed by atoms with Gasteiger partial charge in [0, 0.05) is 25.2 Å². The van der Waals surface area contributed by atoms with Crippen molar-refractivity contribution in [1.29, 1.82) is 0 Å². The van der Waals surface area contributed by atoms with Gasteiger partial charge in [-0.25, -0.2) is 5.21 Å². The molecule has 98 valence electrons. The van der Waals surface area contributed by atoms with Gasteiger partial charge in [-0.2, -0.15) is 0 Å². The molecule has 0 saturated heterocycles. The van der Waals surface area contributed by atoms with Gasteiger partial charge >= 0.3 is 5.69 Å². The Labute approximate surface area is 104 Å². The summed E-state index contributed by atoms with van der Waals surface area (Å²) in [5.74, 6) is -0.774. The molecule has 1 aromatic carbocycles. The lowest BCUT2D eigenvalue weighted by Gasteiger charge is -2.07. The van der Waals surface area contributed by atoms with Crippen molar-refractivity contribution in [3.8, 4) is 5.75 Å². The van der Waals surface area contributed by atoms with Crippen LogP contribution in [0.3, 0.4) is 0 Å². The zero-order valence-corrected chi connectivity index (χ0v) is 10.2. The van der Waals surface area contributed by atoms with E-state index in [9.17, 15) is 14.8 Å². The van der Waals surface area contributed by atoms with Crippen molar-refractivity contribution >= 4 is 17.3 Å². The van der Waals surface area contributed by atoms with Gasteiger partial charge in [-0.05, 0) is 13.8 Å². The number of rotatable bonds is 5. The smallest absolute Gasteiger partial charge is 0.340 e. The van der Waals surface area contributed by atoms with E-state index in [0.29, 0.717) is 13.1 Å². The molecular formula is C11H16N3O4+. The van der Waals surface area contributed by atoms with E-state index in [-0.39, 0.29) is 27.6 Å². The third-order valence-electron chi connectivity index (χ3n) is 2.27. The second kappa shape index (κ2) is 5.85. The zero-order chi connectivity index (χ0) is 13.7. The number of carbonyl (C=O) groups is 1. The molecule has 0 unspecified atom stereocenters. The van der Waals surface area contributed by atoms with Crippen LogP contribution in [-0.4, -0.2) is 34.2 Å². The monoisotopic (exact) mass is 254 g/mol. The lowest BCUT2D eigenvalue weighted by molar-refractivity contribution is -0.729. The van der Waals surface area contributed by atoms with Crippen molar-refractivity contribution in [2.45, 2.75) is 13.8 Å². The fraction of sp³-hybridized carbons (Fsp3) is 0.364. The van der Waals surface area contributed by atoms with Crippen molar-refractivity contribution < 1.29 is 20.0 Å². The van der Waals surface area contributed by atoms with Crippen molar-refractivity contribution in [3.63, 3.8) is 0 Å². The average molecular weight is 254 g/mol. The van der Waals surface area contributed by atoms with Crippen LogP contribution >= 0.6 is 0 Å². The summed E-state index contributed by atoms with van der Waals surface area (Å²) in [5, 5.41) is 24.0. The average Bonchev–Trinajstić information content (AvgIpc) is 2.29. The van der Waals surface area contributed by atoms with E-state index < -0.39 is 5.91 Å². The molecule has 1 amide bonds. The first-order chi connectivity index (χ1) is 8.51. The highest BCUT2D eigenvalue weighted by atomic mass is 16.6. The molecule has 0 aromatic heterocycles. The second-order valence-electron chi connectivity index (χ2n) is 3.55. The predicted molar refractivity (Wildman–Crippen MR) is 65.4 cm³/mol. The lowest BCUT2D eigenvalue weighted by Crippen LogP contribution is -2.23. The zero-order valence-electron chi connectivity index (χ0n) is 10.2. The number of benzene rings is 1. The quantitative estimate of drug-likeness (QED) is 0.594. The molecular weight excluding hydrogens is 238 g/mol. The molecule has 0 atom stereocenters. The van der Waals surface area contributed by atoms with Crippen molar-refractivity contribution in [2.75, 3.05) is 18.4 Å². The van der Waals surface area contributed by atoms with E-state index in [1.807, 2.05) is 0 Å². The Kier molecular flexibility index (Phi) is 4.47. The van der Waals surface area contributed by atoms with E-state index in [2.05, 4.69) is 10.6 Å². The van der Waals surface area contributed by atoms with Crippen molar-refractivity contribution in [3.05, 3.63) is 22.6 Å².